The lowest BCUT2D eigenvalue weighted by atomic mass is 10.2. The van der Waals surface area contributed by atoms with E-state index >= 15 is 0 Å². The van der Waals surface area contributed by atoms with E-state index in [4.69, 9.17) is 4.74 Å². The van der Waals surface area contributed by atoms with E-state index in [-0.39, 0.29) is 12.4 Å². The van der Waals surface area contributed by atoms with Gasteiger partial charge in [0.05, 0.1) is 24.9 Å². The van der Waals surface area contributed by atoms with Gasteiger partial charge in [-0.3, -0.25) is 10.2 Å². The molecule has 0 unspecified atom stereocenters. The summed E-state index contributed by atoms with van der Waals surface area (Å²) in [6.45, 7) is 2.16. The number of esters is 1. The van der Waals surface area contributed by atoms with Gasteiger partial charge in [0.2, 0.25) is 5.13 Å². The van der Waals surface area contributed by atoms with Gasteiger partial charge in [-0.25, -0.2) is 4.98 Å². The van der Waals surface area contributed by atoms with E-state index in [2.05, 4.69) is 15.5 Å². The quantitative estimate of drug-likeness (QED) is 0.480. The van der Waals surface area contributed by atoms with Crippen LogP contribution in [0.5, 0.6) is 0 Å². The molecule has 0 fully saturated rings. The van der Waals surface area contributed by atoms with Crippen LogP contribution in [-0.2, 0) is 16.0 Å². The zero-order valence-electron chi connectivity index (χ0n) is 13.4. The summed E-state index contributed by atoms with van der Waals surface area (Å²) in [5, 5.41) is 6.62. The van der Waals surface area contributed by atoms with E-state index in [0.717, 1.165) is 11.3 Å². The maximum absolute atomic E-state index is 11.4. The molecule has 0 saturated carbocycles. The molecule has 0 aliphatic carbocycles. The number of ether oxygens (including phenoxy) is 1. The second-order valence-electron chi connectivity index (χ2n) is 4.98. The topological polar surface area (TPSA) is 66.8 Å². The molecular formula is C16H20N4O2S. The van der Waals surface area contributed by atoms with Gasteiger partial charge in [-0.1, -0.05) is 12.1 Å². The van der Waals surface area contributed by atoms with Crippen LogP contribution in [0.25, 0.3) is 0 Å². The monoisotopic (exact) mass is 332 g/mol. The Morgan fingerprint density at radius 1 is 1.39 bits per heavy atom. The number of hydrogen-bond acceptors (Lipinski definition) is 7. The van der Waals surface area contributed by atoms with E-state index in [1.54, 1.807) is 13.1 Å². The molecule has 1 aromatic heterocycles. The molecule has 1 aromatic carbocycles. The van der Waals surface area contributed by atoms with Gasteiger partial charge in [-0.2, -0.15) is 5.10 Å². The molecule has 0 spiro atoms. The third-order valence-electron chi connectivity index (χ3n) is 2.97. The third kappa shape index (κ3) is 5.37. The summed E-state index contributed by atoms with van der Waals surface area (Å²) >= 11 is 1.40. The summed E-state index contributed by atoms with van der Waals surface area (Å²) in [7, 11) is 4.00. The Hall–Kier alpha value is -2.41. The molecule has 0 amide bonds. The number of carbonyl (C=O) groups excluding carboxylic acids is 1. The number of hydrazone groups is 1. The van der Waals surface area contributed by atoms with Crippen LogP contribution in [0.2, 0.25) is 0 Å². The fourth-order valence-electron chi connectivity index (χ4n) is 1.82. The van der Waals surface area contributed by atoms with Gasteiger partial charge < -0.3 is 9.64 Å². The van der Waals surface area contributed by atoms with Gasteiger partial charge in [0, 0.05) is 25.2 Å². The zero-order valence-corrected chi connectivity index (χ0v) is 14.3. The van der Waals surface area contributed by atoms with Crippen molar-refractivity contribution in [2.75, 3.05) is 31.0 Å². The van der Waals surface area contributed by atoms with Gasteiger partial charge in [0.25, 0.3) is 0 Å². The Balaban J connectivity index is 1.88. The number of anilines is 2. The highest BCUT2D eigenvalue weighted by atomic mass is 32.1. The van der Waals surface area contributed by atoms with Crippen molar-refractivity contribution < 1.29 is 9.53 Å². The minimum Gasteiger partial charge on any atom is -0.466 e. The Morgan fingerprint density at radius 2 is 2.13 bits per heavy atom. The standard InChI is InChI=1S/C16H20N4O2S/c1-4-22-15(21)9-13-11-23-16(18-13)19-17-10-12-5-7-14(8-6-12)20(2)3/h5-8,10-11H,4,9H2,1-3H3,(H,18,19)/b17-10+. The highest BCUT2D eigenvalue weighted by Gasteiger charge is 2.07. The van der Waals surface area contributed by atoms with Crippen molar-refractivity contribution in [3.05, 3.63) is 40.9 Å². The number of nitrogens with one attached hydrogen (secondary N) is 1. The Labute approximate surface area is 139 Å². The van der Waals surface area contributed by atoms with Gasteiger partial charge in [-0.05, 0) is 24.6 Å². The summed E-state index contributed by atoms with van der Waals surface area (Å²) in [5.74, 6) is -0.270. The average molecular weight is 332 g/mol. The van der Waals surface area contributed by atoms with E-state index in [9.17, 15) is 4.79 Å². The molecule has 2 rings (SSSR count). The summed E-state index contributed by atoms with van der Waals surface area (Å²) in [6.07, 6.45) is 1.91. The first-order chi connectivity index (χ1) is 11.1. The van der Waals surface area contributed by atoms with Crippen molar-refractivity contribution in [2.45, 2.75) is 13.3 Å². The molecule has 23 heavy (non-hydrogen) atoms. The van der Waals surface area contributed by atoms with Crippen LogP contribution in [0.1, 0.15) is 18.2 Å². The molecule has 0 radical (unpaired) electrons. The predicted molar refractivity (Wildman–Crippen MR) is 94.4 cm³/mol. The van der Waals surface area contributed by atoms with Crippen molar-refractivity contribution in [3.8, 4) is 0 Å². The molecule has 1 N–H and O–H groups in total. The summed E-state index contributed by atoms with van der Waals surface area (Å²) in [5.41, 5.74) is 5.68. The number of nitrogens with zero attached hydrogens (tertiary/aromatic N) is 3. The second kappa shape index (κ2) is 8.28. The number of aromatic nitrogens is 1. The van der Waals surface area contributed by atoms with E-state index in [0.29, 0.717) is 17.4 Å². The number of rotatable bonds is 7. The minimum atomic E-state index is -0.270. The highest BCUT2D eigenvalue weighted by Crippen LogP contribution is 2.16. The van der Waals surface area contributed by atoms with Gasteiger partial charge in [-0.15, -0.1) is 11.3 Å². The Kier molecular flexibility index (Phi) is 6.10. The molecule has 0 saturated heterocycles. The molecule has 0 bridgehead atoms. The van der Waals surface area contributed by atoms with Crippen molar-refractivity contribution in [1.29, 1.82) is 0 Å². The molecule has 6 nitrogen and oxygen atoms in total. The van der Waals surface area contributed by atoms with Crippen LogP contribution in [0.4, 0.5) is 10.8 Å². The number of carbonyl (C=O) groups is 1. The van der Waals surface area contributed by atoms with Gasteiger partial charge >= 0.3 is 5.97 Å². The lowest BCUT2D eigenvalue weighted by molar-refractivity contribution is -0.142. The lowest BCUT2D eigenvalue weighted by Crippen LogP contribution is -2.08. The molecular weight excluding hydrogens is 312 g/mol. The first-order valence-electron chi connectivity index (χ1n) is 7.25. The average Bonchev–Trinajstić information content (AvgIpc) is 2.95. The molecule has 0 aliphatic heterocycles. The minimum absolute atomic E-state index is 0.182. The molecule has 1 heterocycles. The maximum Gasteiger partial charge on any atom is 0.311 e. The Bertz CT molecular complexity index is 665. The summed E-state index contributed by atoms with van der Waals surface area (Å²) in [6, 6.07) is 8.05. The predicted octanol–water partition coefficient (Wildman–Crippen LogP) is 2.76. The molecule has 7 heteroatoms. The first kappa shape index (κ1) is 17.0. The Morgan fingerprint density at radius 3 is 2.78 bits per heavy atom. The normalized spacial score (nSPS) is 10.7. The van der Waals surface area contributed by atoms with Crippen LogP contribution in [0.3, 0.4) is 0 Å². The second-order valence-corrected chi connectivity index (χ2v) is 5.84. The SMILES string of the molecule is CCOC(=O)Cc1csc(N/N=C/c2ccc(N(C)C)cc2)n1. The molecule has 2 aromatic rings. The van der Waals surface area contributed by atoms with E-state index in [1.165, 1.54) is 11.3 Å². The first-order valence-corrected chi connectivity index (χ1v) is 8.13. The van der Waals surface area contributed by atoms with Crippen molar-refractivity contribution >= 4 is 34.3 Å². The van der Waals surface area contributed by atoms with Crippen LogP contribution >= 0.6 is 11.3 Å². The summed E-state index contributed by atoms with van der Waals surface area (Å²) in [4.78, 5) is 17.7. The largest absolute Gasteiger partial charge is 0.466 e. The smallest absolute Gasteiger partial charge is 0.311 e. The van der Waals surface area contributed by atoms with Crippen molar-refractivity contribution in [1.82, 2.24) is 4.98 Å². The molecule has 122 valence electrons. The fraction of sp³-hybridized carbons (Fsp3) is 0.312. The third-order valence-corrected chi connectivity index (χ3v) is 3.76. The van der Waals surface area contributed by atoms with Gasteiger partial charge in [0.15, 0.2) is 0 Å². The number of hydrogen-bond donors (Lipinski definition) is 1. The maximum atomic E-state index is 11.4. The van der Waals surface area contributed by atoms with E-state index < -0.39 is 0 Å². The van der Waals surface area contributed by atoms with Gasteiger partial charge in [0.1, 0.15) is 0 Å². The highest BCUT2D eigenvalue weighted by molar-refractivity contribution is 7.13. The van der Waals surface area contributed by atoms with Crippen LogP contribution < -0.4 is 10.3 Å². The molecule has 0 atom stereocenters. The summed E-state index contributed by atoms with van der Waals surface area (Å²) < 4.78 is 4.89. The van der Waals surface area contributed by atoms with Crippen molar-refractivity contribution in [2.24, 2.45) is 5.10 Å². The van der Waals surface area contributed by atoms with E-state index in [1.807, 2.05) is 48.6 Å². The number of thiazole rings is 1. The van der Waals surface area contributed by atoms with Crippen LogP contribution in [0.15, 0.2) is 34.7 Å². The zero-order chi connectivity index (χ0) is 16.7. The number of benzene rings is 1. The fourth-order valence-corrected chi connectivity index (χ4v) is 2.48. The molecule has 0 aliphatic rings. The van der Waals surface area contributed by atoms with Crippen molar-refractivity contribution in [3.63, 3.8) is 0 Å². The van der Waals surface area contributed by atoms with Crippen LogP contribution in [-0.4, -0.2) is 37.9 Å². The van der Waals surface area contributed by atoms with Crippen LogP contribution in [0, 0.1) is 0 Å². The lowest BCUT2D eigenvalue weighted by Gasteiger charge is -2.11.